The van der Waals surface area contributed by atoms with Crippen LogP contribution in [0.25, 0.3) is 22.3 Å². The number of fused-ring (bicyclic) bond motifs is 1. The van der Waals surface area contributed by atoms with Gasteiger partial charge in [-0.15, -0.1) is 0 Å². The van der Waals surface area contributed by atoms with Crippen molar-refractivity contribution < 1.29 is 27.4 Å². The van der Waals surface area contributed by atoms with Gasteiger partial charge in [-0.05, 0) is 38.1 Å². The van der Waals surface area contributed by atoms with Gasteiger partial charge in [-0.25, -0.2) is 4.98 Å². The number of carbonyl (C=O) groups excluding carboxylic acids is 1. The van der Waals surface area contributed by atoms with Crippen molar-refractivity contribution in [3.63, 3.8) is 0 Å². The largest absolute Gasteiger partial charge is 0.493 e. The van der Waals surface area contributed by atoms with E-state index in [1.165, 1.54) is 25.6 Å². The molecular weight excluding hydrogens is 375 g/mol. The molecule has 0 atom stereocenters. The van der Waals surface area contributed by atoms with Gasteiger partial charge >= 0.3 is 12.1 Å². The molecule has 9 heteroatoms. The van der Waals surface area contributed by atoms with Crippen LogP contribution in [0.2, 0.25) is 0 Å². The molecule has 148 valence electrons. The summed E-state index contributed by atoms with van der Waals surface area (Å²) in [5.74, 6) is -0.692. The van der Waals surface area contributed by atoms with E-state index in [0.29, 0.717) is 22.4 Å². The fourth-order valence-electron chi connectivity index (χ4n) is 2.89. The van der Waals surface area contributed by atoms with Crippen LogP contribution in [-0.4, -0.2) is 34.2 Å². The van der Waals surface area contributed by atoms with Crippen LogP contribution in [0.1, 0.15) is 18.2 Å². The number of halogens is 3. The molecule has 0 saturated heterocycles. The lowest BCUT2D eigenvalue weighted by Crippen LogP contribution is -2.10. The number of carbonyl (C=O) groups is 1. The van der Waals surface area contributed by atoms with Crippen molar-refractivity contribution in [2.24, 2.45) is 0 Å². The lowest BCUT2D eigenvalue weighted by atomic mass is 10.1. The van der Waals surface area contributed by atoms with E-state index in [1.807, 2.05) is 0 Å². The van der Waals surface area contributed by atoms with Gasteiger partial charge in [0.1, 0.15) is 17.8 Å². The highest BCUT2D eigenvalue weighted by Crippen LogP contribution is 2.39. The Kier molecular flexibility index (Phi) is 5.26. The number of imidazole rings is 1. The molecule has 0 unspecified atom stereocenters. The number of rotatable bonds is 5. The fraction of sp³-hybridized carbons (Fsp3) is 0.316. The Balaban J connectivity index is 2.13. The van der Waals surface area contributed by atoms with E-state index in [9.17, 15) is 18.0 Å². The van der Waals surface area contributed by atoms with E-state index in [4.69, 9.17) is 4.74 Å². The number of hydrogen-bond donors (Lipinski definition) is 0. The molecule has 0 spiro atoms. The molecule has 0 N–H and O–H groups in total. The Hall–Kier alpha value is -3.10. The van der Waals surface area contributed by atoms with Gasteiger partial charge < -0.3 is 14.0 Å². The molecule has 3 rings (SSSR count). The highest BCUT2D eigenvalue weighted by Gasteiger charge is 2.35. The van der Waals surface area contributed by atoms with Crippen molar-refractivity contribution >= 4 is 17.0 Å². The summed E-state index contributed by atoms with van der Waals surface area (Å²) in [5, 5.41) is 0. The summed E-state index contributed by atoms with van der Waals surface area (Å²) in [6.45, 7) is 3.39. The maximum absolute atomic E-state index is 13.4. The van der Waals surface area contributed by atoms with Crippen LogP contribution in [0.15, 0.2) is 30.6 Å². The number of aryl methyl sites for hydroxylation is 1. The molecule has 0 bridgehead atoms. The summed E-state index contributed by atoms with van der Waals surface area (Å²) in [7, 11) is 1.28. The predicted molar refractivity (Wildman–Crippen MR) is 95.9 cm³/mol. The van der Waals surface area contributed by atoms with Crippen LogP contribution in [0.5, 0.6) is 5.75 Å². The number of hydrogen-bond acceptors (Lipinski definition) is 5. The molecule has 6 nitrogen and oxygen atoms in total. The van der Waals surface area contributed by atoms with Crippen molar-refractivity contribution in [3.8, 4) is 17.0 Å². The molecule has 0 aliphatic rings. The summed E-state index contributed by atoms with van der Waals surface area (Å²) in [5.41, 5.74) is 1.44. The minimum Gasteiger partial charge on any atom is -0.493 e. The van der Waals surface area contributed by atoms with E-state index in [2.05, 4.69) is 14.7 Å². The van der Waals surface area contributed by atoms with Crippen LogP contribution in [0, 0.1) is 6.92 Å². The number of pyridine rings is 1. The van der Waals surface area contributed by atoms with Crippen LogP contribution >= 0.6 is 0 Å². The zero-order chi connectivity index (χ0) is 20.5. The first-order valence-electron chi connectivity index (χ1n) is 8.48. The molecule has 2 heterocycles. The second kappa shape index (κ2) is 7.49. The lowest BCUT2D eigenvalue weighted by molar-refractivity contribution is -0.141. The molecule has 0 aliphatic heterocycles. The SMILES string of the molecule is CCOc1ccc(-c2cc3c(ncn3CC(=O)OC)c(C)n2)cc1C(F)(F)F. The highest BCUT2D eigenvalue weighted by atomic mass is 19.4. The number of esters is 1. The van der Waals surface area contributed by atoms with Gasteiger partial charge in [0, 0.05) is 5.56 Å². The molecule has 28 heavy (non-hydrogen) atoms. The standard InChI is InChI=1S/C19H18F3N3O3/c1-4-28-16-6-5-12(7-13(16)19(20,21)22)14-8-15-18(11(2)24-14)23-10-25(15)9-17(26)27-3/h5-8,10H,4,9H2,1-3H3. The van der Waals surface area contributed by atoms with Crippen LogP contribution in [-0.2, 0) is 22.3 Å². The second-order valence-corrected chi connectivity index (χ2v) is 6.05. The van der Waals surface area contributed by atoms with Gasteiger partial charge in [0.15, 0.2) is 0 Å². The van der Waals surface area contributed by atoms with E-state index in [-0.39, 0.29) is 24.5 Å². The smallest absolute Gasteiger partial charge is 0.419 e. The first-order chi connectivity index (χ1) is 13.2. The Morgan fingerprint density at radius 3 is 2.64 bits per heavy atom. The number of aromatic nitrogens is 3. The highest BCUT2D eigenvalue weighted by molar-refractivity contribution is 5.83. The van der Waals surface area contributed by atoms with Crippen molar-refractivity contribution in [3.05, 3.63) is 41.9 Å². The maximum atomic E-state index is 13.4. The Labute approximate surface area is 158 Å². The summed E-state index contributed by atoms with van der Waals surface area (Å²) >= 11 is 0. The van der Waals surface area contributed by atoms with Gasteiger partial charge in [-0.2, -0.15) is 13.2 Å². The lowest BCUT2D eigenvalue weighted by Gasteiger charge is -2.15. The Morgan fingerprint density at radius 1 is 1.25 bits per heavy atom. The van der Waals surface area contributed by atoms with Crippen LogP contribution in [0.3, 0.4) is 0 Å². The summed E-state index contributed by atoms with van der Waals surface area (Å²) in [6.07, 6.45) is -3.09. The van der Waals surface area contributed by atoms with Crippen molar-refractivity contribution in [2.45, 2.75) is 26.6 Å². The zero-order valence-electron chi connectivity index (χ0n) is 15.5. The third kappa shape index (κ3) is 3.78. The topological polar surface area (TPSA) is 66.2 Å². The van der Waals surface area contributed by atoms with Gasteiger partial charge in [0.25, 0.3) is 0 Å². The molecule has 0 amide bonds. The molecular formula is C19H18F3N3O3. The normalized spacial score (nSPS) is 11.6. The third-order valence-electron chi connectivity index (χ3n) is 4.19. The monoisotopic (exact) mass is 393 g/mol. The first kappa shape index (κ1) is 19.7. The molecule has 3 aromatic rings. The average molecular weight is 393 g/mol. The minimum atomic E-state index is -4.56. The van der Waals surface area contributed by atoms with Crippen molar-refractivity contribution in [1.82, 2.24) is 14.5 Å². The van der Waals surface area contributed by atoms with E-state index in [0.717, 1.165) is 6.07 Å². The number of benzene rings is 1. The molecule has 1 aromatic carbocycles. The van der Waals surface area contributed by atoms with Crippen LogP contribution < -0.4 is 4.74 Å². The third-order valence-corrected chi connectivity index (χ3v) is 4.19. The van der Waals surface area contributed by atoms with Crippen molar-refractivity contribution in [1.29, 1.82) is 0 Å². The molecule has 2 aromatic heterocycles. The van der Waals surface area contributed by atoms with Gasteiger partial charge in [0.2, 0.25) is 0 Å². The number of nitrogens with zero attached hydrogens (tertiary/aromatic N) is 3. The Bertz CT molecular complexity index is 1030. The molecule has 0 aliphatic carbocycles. The van der Waals surface area contributed by atoms with Crippen LogP contribution in [0.4, 0.5) is 13.2 Å². The first-order valence-corrected chi connectivity index (χ1v) is 8.48. The zero-order valence-corrected chi connectivity index (χ0v) is 15.5. The number of alkyl halides is 3. The van der Waals surface area contributed by atoms with Gasteiger partial charge in [-0.1, -0.05) is 0 Å². The summed E-state index contributed by atoms with van der Waals surface area (Å²) < 4.78 is 51.6. The van der Waals surface area contributed by atoms with E-state index < -0.39 is 17.7 Å². The van der Waals surface area contributed by atoms with E-state index >= 15 is 0 Å². The van der Waals surface area contributed by atoms with Gasteiger partial charge in [0.05, 0.1) is 42.5 Å². The number of ether oxygens (including phenoxy) is 2. The second-order valence-electron chi connectivity index (χ2n) is 6.05. The molecule has 0 radical (unpaired) electrons. The summed E-state index contributed by atoms with van der Waals surface area (Å²) in [6, 6.07) is 5.43. The average Bonchev–Trinajstić information content (AvgIpc) is 3.04. The maximum Gasteiger partial charge on any atom is 0.419 e. The minimum absolute atomic E-state index is 0.0625. The van der Waals surface area contributed by atoms with Crippen molar-refractivity contribution in [2.75, 3.05) is 13.7 Å². The molecule has 0 fully saturated rings. The summed E-state index contributed by atoms with van der Waals surface area (Å²) in [4.78, 5) is 20.2. The van der Waals surface area contributed by atoms with Gasteiger partial charge in [-0.3, -0.25) is 9.78 Å². The number of methoxy groups -OCH3 is 1. The molecule has 0 saturated carbocycles. The Morgan fingerprint density at radius 2 is 2.00 bits per heavy atom. The quantitative estimate of drug-likeness (QED) is 0.613. The van der Waals surface area contributed by atoms with E-state index in [1.54, 1.807) is 24.5 Å². The fourth-order valence-corrected chi connectivity index (χ4v) is 2.89. The predicted octanol–water partition coefficient (Wildman–Crippen LogP) is 4.00.